The number of hydrogen-bond acceptors (Lipinski definition) is 3. The maximum Gasteiger partial charge on any atom is 0.251 e. The number of carbonyl (C=O) groups excluding carboxylic acids is 1. The molecule has 1 aliphatic heterocycles. The third-order valence-corrected chi connectivity index (χ3v) is 7.93. The number of methoxy groups -OCH3 is 1. The highest BCUT2D eigenvalue weighted by molar-refractivity contribution is 5.94. The van der Waals surface area contributed by atoms with Crippen molar-refractivity contribution in [3.8, 4) is 22.7 Å². The predicted octanol–water partition coefficient (Wildman–Crippen LogP) is 6.03. The first-order valence-electron chi connectivity index (χ1n) is 13.6. The number of piperidine rings is 1. The van der Waals surface area contributed by atoms with E-state index in [0.717, 1.165) is 42.9 Å². The van der Waals surface area contributed by atoms with E-state index in [1.54, 1.807) is 7.11 Å². The molecule has 3 aromatic rings. The minimum absolute atomic E-state index is 0.00515. The molecule has 2 aromatic carbocycles. The van der Waals surface area contributed by atoms with E-state index < -0.39 is 0 Å². The van der Waals surface area contributed by atoms with E-state index in [0.29, 0.717) is 18.2 Å². The number of aromatic nitrogens is 1. The zero-order valence-electron chi connectivity index (χ0n) is 21.8. The highest BCUT2D eigenvalue weighted by Gasteiger charge is 2.21. The van der Waals surface area contributed by atoms with Gasteiger partial charge in [-0.25, -0.2) is 0 Å². The van der Waals surface area contributed by atoms with Gasteiger partial charge in [-0.2, -0.15) is 0 Å². The molecule has 0 saturated carbocycles. The number of aryl methyl sites for hydroxylation is 1. The van der Waals surface area contributed by atoms with Gasteiger partial charge in [0.2, 0.25) is 0 Å². The van der Waals surface area contributed by atoms with Crippen LogP contribution in [0.15, 0.2) is 54.6 Å². The number of rotatable bonds is 7. The average molecular weight is 486 g/mol. The van der Waals surface area contributed by atoms with Crippen LogP contribution in [0.4, 0.5) is 0 Å². The second kappa shape index (κ2) is 11.3. The summed E-state index contributed by atoms with van der Waals surface area (Å²) in [5.74, 6) is 0.868. The lowest BCUT2D eigenvalue weighted by Gasteiger charge is -2.33. The van der Waals surface area contributed by atoms with Crippen LogP contribution in [-0.2, 0) is 12.8 Å². The molecule has 190 valence electrons. The van der Waals surface area contributed by atoms with E-state index in [2.05, 4.69) is 58.1 Å². The van der Waals surface area contributed by atoms with Crippen molar-refractivity contribution in [2.75, 3.05) is 26.7 Å². The summed E-state index contributed by atoms with van der Waals surface area (Å²) in [5, 5.41) is 3.13. The predicted molar refractivity (Wildman–Crippen MR) is 146 cm³/mol. The minimum atomic E-state index is 0.00515. The van der Waals surface area contributed by atoms with Gasteiger partial charge in [0.15, 0.2) is 0 Å². The summed E-state index contributed by atoms with van der Waals surface area (Å²) >= 11 is 0. The SMILES string of the molecule is COc1cccc(-c2cc3c(n2-c2ccc(C(=O)NCCN4CCCC[C@@H]4C)cc2)CCCCC3)c1. The lowest BCUT2D eigenvalue weighted by molar-refractivity contribution is 0.0938. The molecule has 0 spiro atoms. The summed E-state index contributed by atoms with van der Waals surface area (Å²) in [6.07, 6.45) is 9.77. The Bertz CT molecular complexity index is 1180. The maximum atomic E-state index is 12.9. The number of amides is 1. The first kappa shape index (κ1) is 24.6. The number of nitrogens with zero attached hydrogens (tertiary/aromatic N) is 2. The molecule has 1 aliphatic carbocycles. The molecule has 1 amide bonds. The summed E-state index contributed by atoms with van der Waals surface area (Å²) in [6, 6.07) is 19.4. The number of benzene rings is 2. The van der Waals surface area contributed by atoms with E-state index in [1.807, 2.05) is 18.2 Å². The second-order valence-corrected chi connectivity index (χ2v) is 10.3. The van der Waals surface area contributed by atoms with Crippen LogP contribution in [0.5, 0.6) is 5.75 Å². The fourth-order valence-electron chi connectivity index (χ4n) is 5.83. The molecular weight excluding hydrogens is 446 g/mol. The van der Waals surface area contributed by atoms with Crippen LogP contribution in [0.2, 0.25) is 0 Å². The molecule has 0 bridgehead atoms. The highest BCUT2D eigenvalue weighted by atomic mass is 16.5. The summed E-state index contributed by atoms with van der Waals surface area (Å²) in [5.41, 5.74) is 7.00. The molecule has 1 saturated heterocycles. The summed E-state index contributed by atoms with van der Waals surface area (Å²) < 4.78 is 7.90. The van der Waals surface area contributed by atoms with Gasteiger partial charge in [-0.3, -0.25) is 9.69 Å². The van der Waals surface area contributed by atoms with Gasteiger partial charge in [-0.15, -0.1) is 0 Å². The first-order valence-corrected chi connectivity index (χ1v) is 13.6. The fraction of sp³-hybridized carbons (Fsp3) is 0.452. The van der Waals surface area contributed by atoms with Crippen LogP contribution in [-0.4, -0.2) is 48.2 Å². The summed E-state index contributed by atoms with van der Waals surface area (Å²) in [4.78, 5) is 15.3. The van der Waals surface area contributed by atoms with Crippen molar-refractivity contribution < 1.29 is 9.53 Å². The van der Waals surface area contributed by atoms with Gasteiger partial charge in [0, 0.05) is 41.6 Å². The van der Waals surface area contributed by atoms with Gasteiger partial charge in [0.25, 0.3) is 5.91 Å². The van der Waals surface area contributed by atoms with E-state index >= 15 is 0 Å². The monoisotopic (exact) mass is 485 g/mol. The van der Waals surface area contributed by atoms with Crippen molar-refractivity contribution in [3.05, 3.63) is 71.4 Å². The molecule has 2 heterocycles. The third kappa shape index (κ3) is 5.36. The summed E-state index contributed by atoms with van der Waals surface area (Å²) in [7, 11) is 1.71. The van der Waals surface area contributed by atoms with E-state index in [4.69, 9.17) is 4.74 Å². The molecule has 2 aliphatic rings. The Hall–Kier alpha value is -3.05. The number of nitrogens with one attached hydrogen (secondary N) is 1. The molecule has 5 heteroatoms. The van der Waals surface area contributed by atoms with E-state index in [-0.39, 0.29) is 5.91 Å². The minimum Gasteiger partial charge on any atom is -0.497 e. The lowest BCUT2D eigenvalue weighted by Crippen LogP contribution is -2.42. The van der Waals surface area contributed by atoms with Crippen LogP contribution < -0.4 is 10.1 Å². The Balaban J connectivity index is 1.36. The van der Waals surface area contributed by atoms with Gasteiger partial charge in [-0.05, 0) is 100 Å². The van der Waals surface area contributed by atoms with Gasteiger partial charge >= 0.3 is 0 Å². The number of fused-ring (bicyclic) bond motifs is 1. The Morgan fingerprint density at radius 1 is 1.00 bits per heavy atom. The van der Waals surface area contributed by atoms with E-state index in [1.165, 1.54) is 55.5 Å². The molecule has 5 rings (SSSR count). The molecule has 1 fully saturated rings. The van der Waals surface area contributed by atoms with Crippen LogP contribution in [0, 0.1) is 0 Å². The Labute approximate surface area is 215 Å². The Morgan fingerprint density at radius 2 is 1.83 bits per heavy atom. The zero-order chi connectivity index (χ0) is 24.9. The van der Waals surface area contributed by atoms with Gasteiger partial charge in [0.05, 0.1) is 12.8 Å². The fourth-order valence-corrected chi connectivity index (χ4v) is 5.83. The maximum absolute atomic E-state index is 12.9. The number of ether oxygens (including phenoxy) is 1. The molecule has 1 aromatic heterocycles. The zero-order valence-corrected chi connectivity index (χ0v) is 21.8. The molecule has 36 heavy (non-hydrogen) atoms. The first-order chi connectivity index (χ1) is 17.6. The van der Waals surface area contributed by atoms with Crippen LogP contribution in [0.1, 0.15) is 67.1 Å². The lowest BCUT2D eigenvalue weighted by atomic mass is 10.0. The normalized spacial score (nSPS) is 18.3. The summed E-state index contributed by atoms with van der Waals surface area (Å²) in [6.45, 7) is 5.05. The highest BCUT2D eigenvalue weighted by Crippen LogP contribution is 2.34. The van der Waals surface area contributed by atoms with Crippen molar-refractivity contribution >= 4 is 5.91 Å². The number of carbonyl (C=O) groups is 1. The molecule has 0 radical (unpaired) electrons. The second-order valence-electron chi connectivity index (χ2n) is 10.3. The standard InChI is InChI=1S/C31H39N3O2/c1-23-9-6-7-19-33(23)20-18-32-31(35)24-14-16-27(17-15-24)34-29-13-5-3-4-10-26(29)22-30(34)25-11-8-12-28(21-25)36-2/h8,11-12,14-17,21-23H,3-7,9-10,13,18-20H2,1-2H3,(H,32,35)/t23-/m0/s1. The van der Waals surface area contributed by atoms with Gasteiger partial charge in [0.1, 0.15) is 5.75 Å². The van der Waals surface area contributed by atoms with Gasteiger partial charge in [-0.1, -0.05) is 25.0 Å². The molecule has 5 nitrogen and oxygen atoms in total. The van der Waals surface area contributed by atoms with Crippen molar-refractivity contribution in [1.82, 2.24) is 14.8 Å². The molecule has 0 unspecified atom stereocenters. The Morgan fingerprint density at radius 3 is 2.64 bits per heavy atom. The van der Waals surface area contributed by atoms with Crippen molar-refractivity contribution in [2.45, 2.75) is 64.3 Å². The van der Waals surface area contributed by atoms with E-state index in [9.17, 15) is 4.79 Å². The largest absolute Gasteiger partial charge is 0.497 e. The van der Waals surface area contributed by atoms with Crippen molar-refractivity contribution in [1.29, 1.82) is 0 Å². The smallest absolute Gasteiger partial charge is 0.251 e. The van der Waals surface area contributed by atoms with Crippen LogP contribution in [0.25, 0.3) is 16.9 Å². The topological polar surface area (TPSA) is 46.5 Å². The molecule has 1 N–H and O–H groups in total. The average Bonchev–Trinajstić information content (AvgIpc) is 3.12. The van der Waals surface area contributed by atoms with Crippen molar-refractivity contribution in [3.63, 3.8) is 0 Å². The van der Waals surface area contributed by atoms with Gasteiger partial charge < -0.3 is 14.6 Å². The number of likely N-dealkylation sites (tertiary alicyclic amines) is 1. The Kier molecular flexibility index (Phi) is 7.76. The molecule has 1 atom stereocenters. The molecular formula is C31H39N3O2. The van der Waals surface area contributed by atoms with Crippen molar-refractivity contribution in [2.24, 2.45) is 0 Å². The van der Waals surface area contributed by atoms with Crippen LogP contribution >= 0.6 is 0 Å². The quantitative estimate of drug-likeness (QED) is 0.416. The third-order valence-electron chi connectivity index (χ3n) is 7.93. The van der Waals surface area contributed by atoms with Crippen LogP contribution in [0.3, 0.4) is 0 Å². The number of hydrogen-bond donors (Lipinski definition) is 1.